The number of nitrogens with zero attached hydrogens (tertiary/aromatic N) is 2. The molecule has 0 aliphatic carbocycles. The number of hydrogen-bond acceptors (Lipinski definition) is 5. The molecule has 3 rings (SSSR count). The molecule has 8 nitrogen and oxygen atoms in total. The first-order valence-electron chi connectivity index (χ1n) is 11.2. The number of likely N-dealkylation sites (tertiary alicyclic amines) is 1. The number of aliphatic imine (C=N–C) groups is 1. The first-order valence-corrected chi connectivity index (χ1v) is 11.2. The molecule has 1 amide bonds. The van der Waals surface area contributed by atoms with Gasteiger partial charge in [-0.15, -0.1) is 24.0 Å². The van der Waals surface area contributed by atoms with E-state index >= 15 is 0 Å². The molecule has 1 fully saturated rings. The number of rotatable bonds is 6. The van der Waals surface area contributed by atoms with Crippen molar-refractivity contribution in [2.24, 2.45) is 10.9 Å². The molecule has 1 aromatic rings. The van der Waals surface area contributed by atoms with Crippen LogP contribution in [0.5, 0.6) is 11.5 Å². The topological polar surface area (TPSA) is 84.4 Å². The highest BCUT2D eigenvalue weighted by molar-refractivity contribution is 14.0. The van der Waals surface area contributed by atoms with Crippen LogP contribution < -0.4 is 20.1 Å². The standard InChI is InChI=1S/C23H36N4O4.HI/c1-5-24-21(25-11-10-17-8-9-19-20(13-17)30-16-29-19)26-14-18-7-6-12-27(15-18)22(28)31-23(2,3)4;/h8-9,13,18H,5-7,10-12,14-16H2,1-4H3,(H2,24,25,26);1H. The quantitative estimate of drug-likeness (QED) is 0.313. The van der Waals surface area contributed by atoms with Crippen molar-refractivity contribution in [3.05, 3.63) is 23.8 Å². The number of hydrogen-bond donors (Lipinski definition) is 2. The maximum atomic E-state index is 12.4. The third-order valence-corrected chi connectivity index (χ3v) is 5.17. The Labute approximate surface area is 208 Å². The summed E-state index contributed by atoms with van der Waals surface area (Å²) in [6.45, 7) is 11.7. The second kappa shape index (κ2) is 12.4. The first kappa shape index (κ1) is 26.3. The molecule has 9 heteroatoms. The number of ether oxygens (including phenoxy) is 3. The molecule has 1 atom stereocenters. The Bertz CT molecular complexity index is 782. The minimum absolute atomic E-state index is 0. The summed E-state index contributed by atoms with van der Waals surface area (Å²) in [5.41, 5.74) is 0.718. The van der Waals surface area contributed by atoms with Crippen molar-refractivity contribution in [3.63, 3.8) is 0 Å². The lowest BCUT2D eigenvalue weighted by atomic mass is 9.98. The maximum absolute atomic E-state index is 12.4. The third-order valence-electron chi connectivity index (χ3n) is 5.17. The van der Waals surface area contributed by atoms with E-state index in [2.05, 4.69) is 23.6 Å². The summed E-state index contributed by atoms with van der Waals surface area (Å²) < 4.78 is 16.3. The molecule has 2 aliphatic rings. The van der Waals surface area contributed by atoms with Gasteiger partial charge in [-0.1, -0.05) is 6.07 Å². The van der Waals surface area contributed by atoms with Gasteiger partial charge in [-0.3, -0.25) is 4.99 Å². The summed E-state index contributed by atoms with van der Waals surface area (Å²) >= 11 is 0. The summed E-state index contributed by atoms with van der Waals surface area (Å²) in [5.74, 6) is 2.76. The van der Waals surface area contributed by atoms with E-state index in [1.165, 1.54) is 5.56 Å². The lowest BCUT2D eigenvalue weighted by Crippen LogP contribution is -2.44. The van der Waals surface area contributed by atoms with E-state index in [4.69, 9.17) is 19.2 Å². The highest BCUT2D eigenvalue weighted by atomic mass is 127. The van der Waals surface area contributed by atoms with Gasteiger partial charge in [-0.25, -0.2) is 4.79 Å². The Kier molecular flexibility index (Phi) is 10.2. The highest BCUT2D eigenvalue weighted by Gasteiger charge is 2.27. The fraction of sp³-hybridized carbons (Fsp3) is 0.652. The Balaban J connectivity index is 0.00000363. The summed E-state index contributed by atoms with van der Waals surface area (Å²) in [7, 11) is 0. The number of halogens is 1. The van der Waals surface area contributed by atoms with Gasteiger partial charge in [0.25, 0.3) is 0 Å². The van der Waals surface area contributed by atoms with Gasteiger partial charge < -0.3 is 29.7 Å². The second-order valence-electron chi connectivity index (χ2n) is 9.02. The van der Waals surface area contributed by atoms with Crippen LogP contribution in [0.15, 0.2) is 23.2 Å². The van der Waals surface area contributed by atoms with E-state index < -0.39 is 5.60 Å². The zero-order valence-corrected chi connectivity index (χ0v) is 21.9. The molecule has 2 heterocycles. The van der Waals surface area contributed by atoms with E-state index in [1.807, 2.05) is 37.8 Å². The van der Waals surface area contributed by atoms with Gasteiger partial charge in [0.2, 0.25) is 6.79 Å². The Hall–Kier alpha value is -1.91. The van der Waals surface area contributed by atoms with Gasteiger partial charge in [-0.05, 0) is 70.6 Å². The summed E-state index contributed by atoms with van der Waals surface area (Å²) in [6, 6.07) is 6.05. The number of carbonyl (C=O) groups is 1. The van der Waals surface area contributed by atoms with E-state index in [1.54, 1.807) is 0 Å². The number of carbonyl (C=O) groups excluding carboxylic acids is 1. The molecule has 1 saturated heterocycles. The smallest absolute Gasteiger partial charge is 0.410 e. The largest absolute Gasteiger partial charge is 0.454 e. The zero-order valence-electron chi connectivity index (χ0n) is 19.6. The SMILES string of the molecule is CCNC(=NCC1CCCN(C(=O)OC(C)(C)C)C1)NCCc1ccc2c(c1)OCO2.I. The molecule has 180 valence electrons. The van der Waals surface area contributed by atoms with Crippen LogP contribution in [0.2, 0.25) is 0 Å². The molecule has 0 saturated carbocycles. The minimum Gasteiger partial charge on any atom is -0.454 e. The average Bonchev–Trinajstić information content (AvgIpc) is 3.19. The Morgan fingerprint density at radius 1 is 1.25 bits per heavy atom. The summed E-state index contributed by atoms with van der Waals surface area (Å²) in [6.07, 6.45) is 2.68. The van der Waals surface area contributed by atoms with Crippen molar-refractivity contribution >= 4 is 36.0 Å². The van der Waals surface area contributed by atoms with Crippen LogP contribution in [-0.2, 0) is 11.2 Å². The number of benzene rings is 1. The van der Waals surface area contributed by atoms with Gasteiger partial charge in [-0.2, -0.15) is 0 Å². The van der Waals surface area contributed by atoms with Crippen molar-refractivity contribution < 1.29 is 19.0 Å². The van der Waals surface area contributed by atoms with Gasteiger partial charge in [0.05, 0.1) is 0 Å². The first-order chi connectivity index (χ1) is 14.8. The van der Waals surface area contributed by atoms with Crippen LogP contribution in [0.25, 0.3) is 0 Å². The molecule has 1 aromatic carbocycles. The lowest BCUT2D eigenvalue weighted by Gasteiger charge is -2.33. The minimum atomic E-state index is -0.470. The molecule has 0 radical (unpaired) electrons. The molecule has 2 N–H and O–H groups in total. The van der Waals surface area contributed by atoms with Crippen LogP contribution in [0, 0.1) is 5.92 Å². The molecule has 1 unspecified atom stereocenters. The maximum Gasteiger partial charge on any atom is 0.410 e. The summed E-state index contributed by atoms with van der Waals surface area (Å²) in [4.78, 5) is 19.0. The number of fused-ring (bicyclic) bond motifs is 1. The zero-order chi connectivity index (χ0) is 22.3. The number of amides is 1. The van der Waals surface area contributed by atoms with Crippen molar-refractivity contribution in [2.75, 3.05) is 39.5 Å². The fourth-order valence-electron chi connectivity index (χ4n) is 3.69. The molecule has 32 heavy (non-hydrogen) atoms. The van der Waals surface area contributed by atoms with Gasteiger partial charge in [0.15, 0.2) is 17.5 Å². The monoisotopic (exact) mass is 560 g/mol. The normalized spacial score (nSPS) is 18.1. The highest BCUT2D eigenvalue weighted by Crippen LogP contribution is 2.32. The molecule has 0 bridgehead atoms. The predicted octanol–water partition coefficient (Wildman–Crippen LogP) is 3.78. The lowest BCUT2D eigenvalue weighted by molar-refractivity contribution is 0.0170. The Morgan fingerprint density at radius 2 is 2.03 bits per heavy atom. The molecular formula is C23H37IN4O4. The third kappa shape index (κ3) is 8.22. The van der Waals surface area contributed by atoms with E-state index in [0.29, 0.717) is 25.8 Å². The molecular weight excluding hydrogens is 523 g/mol. The van der Waals surface area contributed by atoms with Crippen LogP contribution in [0.1, 0.15) is 46.1 Å². The predicted molar refractivity (Wildman–Crippen MR) is 136 cm³/mol. The number of guanidine groups is 1. The van der Waals surface area contributed by atoms with E-state index in [0.717, 1.165) is 56.4 Å². The van der Waals surface area contributed by atoms with Crippen LogP contribution in [0.4, 0.5) is 4.79 Å². The van der Waals surface area contributed by atoms with Crippen molar-refractivity contribution in [1.82, 2.24) is 15.5 Å². The van der Waals surface area contributed by atoms with Gasteiger partial charge >= 0.3 is 6.09 Å². The number of nitrogens with one attached hydrogen (secondary N) is 2. The van der Waals surface area contributed by atoms with Crippen LogP contribution in [-0.4, -0.2) is 62.1 Å². The van der Waals surface area contributed by atoms with Crippen molar-refractivity contribution in [3.8, 4) is 11.5 Å². The van der Waals surface area contributed by atoms with Gasteiger partial charge in [0.1, 0.15) is 5.60 Å². The molecule has 0 spiro atoms. The summed E-state index contributed by atoms with van der Waals surface area (Å²) in [5, 5.41) is 6.71. The van der Waals surface area contributed by atoms with E-state index in [9.17, 15) is 4.79 Å². The van der Waals surface area contributed by atoms with E-state index in [-0.39, 0.29) is 30.1 Å². The average molecular weight is 560 g/mol. The van der Waals surface area contributed by atoms with Gasteiger partial charge in [0, 0.05) is 32.7 Å². The Morgan fingerprint density at radius 3 is 2.78 bits per heavy atom. The molecule has 0 aromatic heterocycles. The van der Waals surface area contributed by atoms with Crippen LogP contribution >= 0.6 is 24.0 Å². The number of piperidine rings is 1. The van der Waals surface area contributed by atoms with Crippen molar-refractivity contribution in [1.29, 1.82) is 0 Å². The second-order valence-corrected chi connectivity index (χ2v) is 9.02. The fourth-order valence-corrected chi connectivity index (χ4v) is 3.69. The molecule has 2 aliphatic heterocycles. The van der Waals surface area contributed by atoms with Crippen molar-refractivity contribution in [2.45, 2.75) is 52.6 Å². The van der Waals surface area contributed by atoms with Crippen LogP contribution in [0.3, 0.4) is 0 Å².